The van der Waals surface area contributed by atoms with Gasteiger partial charge in [-0.15, -0.1) is 0 Å². The number of alkyl halides is 3. The molecule has 314 valence electrons. The lowest BCUT2D eigenvalue weighted by Crippen LogP contribution is -2.62. The van der Waals surface area contributed by atoms with Crippen molar-refractivity contribution in [1.29, 1.82) is 0 Å². The third-order valence-electron chi connectivity index (χ3n) is 8.20. The molecule has 5 rings (SSSR count). The van der Waals surface area contributed by atoms with Gasteiger partial charge in [0.15, 0.2) is 12.4 Å². The third-order valence-corrected chi connectivity index (χ3v) is 9.55. The van der Waals surface area contributed by atoms with Crippen LogP contribution in [0.5, 0.6) is 0 Å². The average molecular weight is 834 g/mol. The molecule has 0 amide bonds. The summed E-state index contributed by atoms with van der Waals surface area (Å²) in [5.41, 5.74) is 9.12. The molecule has 0 bridgehead atoms. The van der Waals surface area contributed by atoms with Crippen molar-refractivity contribution in [2.24, 2.45) is 5.73 Å². The van der Waals surface area contributed by atoms with Crippen LogP contribution in [0.1, 0.15) is 35.6 Å². The Morgan fingerprint density at radius 3 is 1.48 bits per heavy atom. The maximum Gasteiger partial charge on any atom is 0.490 e. The first-order valence-corrected chi connectivity index (χ1v) is 19.7. The SMILES string of the molecule is CC(=O)O[C@@H]1[C@@H](OCCCN)O[C@H](COP(=O)(OCc2ccccc2)OCc2ccccc2)[C@@H](OCc2ccccc2)[C@@H]1OCc1ccccc1.O=C(O)C(F)(F)F. The Hall–Kier alpha value is -4.48. The first-order valence-electron chi connectivity index (χ1n) is 18.2. The number of halogens is 3. The smallest absolute Gasteiger partial charge is 0.475 e. The van der Waals surface area contributed by atoms with Crippen LogP contribution in [0.2, 0.25) is 0 Å². The van der Waals surface area contributed by atoms with Crippen molar-refractivity contribution in [1.82, 2.24) is 0 Å². The van der Waals surface area contributed by atoms with E-state index in [9.17, 15) is 22.5 Å². The number of esters is 1. The molecule has 3 N–H and O–H groups in total. The van der Waals surface area contributed by atoms with Gasteiger partial charge in [0.2, 0.25) is 0 Å². The Morgan fingerprint density at radius 2 is 1.09 bits per heavy atom. The molecule has 1 heterocycles. The minimum absolute atomic E-state index is 0.0193. The quantitative estimate of drug-likeness (QED) is 0.0514. The van der Waals surface area contributed by atoms with Crippen molar-refractivity contribution >= 4 is 19.8 Å². The average Bonchev–Trinajstić information content (AvgIpc) is 3.22. The van der Waals surface area contributed by atoms with Crippen LogP contribution in [0.25, 0.3) is 0 Å². The number of phosphoric ester groups is 1. The molecular weight excluding hydrogens is 786 g/mol. The number of nitrogens with two attached hydrogens (primary N) is 1. The number of ether oxygens (including phenoxy) is 5. The van der Waals surface area contributed by atoms with E-state index in [0.29, 0.717) is 13.0 Å². The molecule has 1 fully saturated rings. The van der Waals surface area contributed by atoms with E-state index in [1.807, 2.05) is 121 Å². The molecule has 1 aliphatic rings. The van der Waals surface area contributed by atoms with Crippen molar-refractivity contribution in [2.45, 2.75) is 76.7 Å². The molecule has 4 aromatic carbocycles. The molecule has 0 radical (unpaired) electrons. The van der Waals surface area contributed by atoms with Crippen LogP contribution >= 0.6 is 7.82 Å². The molecule has 0 aliphatic carbocycles. The van der Waals surface area contributed by atoms with Gasteiger partial charge in [0, 0.05) is 6.92 Å². The Balaban J connectivity index is 0.000000973. The lowest BCUT2D eigenvalue weighted by molar-refractivity contribution is -0.318. The molecule has 0 aromatic heterocycles. The molecule has 13 nitrogen and oxygen atoms in total. The van der Waals surface area contributed by atoms with E-state index < -0.39 is 56.6 Å². The number of phosphoric acid groups is 1. The first kappa shape index (κ1) is 46.2. The van der Waals surface area contributed by atoms with Gasteiger partial charge in [-0.25, -0.2) is 9.36 Å². The van der Waals surface area contributed by atoms with Gasteiger partial charge in [0.05, 0.1) is 39.6 Å². The maximum atomic E-state index is 14.3. The van der Waals surface area contributed by atoms with Gasteiger partial charge < -0.3 is 34.5 Å². The summed E-state index contributed by atoms with van der Waals surface area (Å²) in [6.07, 6.45) is -9.36. The van der Waals surface area contributed by atoms with E-state index in [-0.39, 0.29) is 39.6 Å². The second-order valence-electron chi connectivity index (χ2n) is 12.7. The Bertz CT molecular complexity index is 1780. The molecule has 4 aromatic rings. The summed E-state index contributed by atoms with van der Waals surface area (Å²) < 4.78 is 95.2. The van der Waals surface area contributed by atoms with Crippen molar-refractivity contribution in [2.75, 3.05) is 19.8 Å². The molecule has 17 heteroatoms. The normalized spacial score (nSPS) is 19.4. The summed E-state index contributed by atoms with van der Waals surface area (Å²) in [7, 11) is -4.21. The Kier molecular flexibility index (Phi) is 19.0. The van der Waals surface area contributed by atoms with Gasteiger partial charge in [-0.3, -0.25) is 18.4 Å². The molecule has 58 heavy (non-hydrogen) atoms. The number of carbonyl (C=O) groups excluding carboxylic acids is 1. The summed E-state index contributed by atoms with van der Waals surface area (Å²) >= 11 is 0. The highest BCUT2D eigenvalue weighted by Crippen LogP contribution is 2.51. The third kappa shape index (κ3) is 16.0. The summed E-state index contributed by atoms with van der Waals surface area (Å²) in [5, 5.41) is 7.12. The number of carboxylic acids is 1. The van der Waals surface area contributed by atoms with E-state index in [1.165, 1.54) is 6.92 Å². The van der Waals surface area contributed by atoms with Crippen molar-refractivity contribution in [3.05, 3.63) is 144 Å². The van der Waals surface area contributed by atoms with Crippen LogP contribution in [0, 0.1) is 0 Å². The topological polar surface area (TPSA) is 171 Å². The number of benzene rings is 4. The molecule has 5 atom stereocenters. The van der Waals surface area contributed by atoms with E-state index in [1.54, 1.807) is 0 Å². The molecule has 1 aliphatic heterocycles. The Labute approximate surface area is 334 Å². The zero-order chi connectivity index (χ0) is 41.8. The molecular formula is C41H47F3NO12P. The van der Waals surface area contributed by atoms with Gasteiger partial charge in [-0.1, -0.05) is 121 Å². The second-order valence-corrected chi connectivity index (χ2v) is 14.4. The van der Waals surface area contributed by atoms with Gasteiger partial charge in [-0.05, 0) is 35.2 Å². The minimum Gasteiger partial charge on any atom is -0.475 e. The fourth-order valence-electron chi connectivity index (χ4n) is 5.40. The Morgan fingerprint density at radius 1 is 0.672 bits per heavy atom. The number of carbonyl (C=O) groups is 2. The molecule has 1 saturated heterocycles. The number of carboxylic acid groups (broad SMARTS) is 1. The fraction of sp³-hybridized carbons (Fsp3) is 0.366. The minimum atomic E-state index is -5.08. The van der Waals surface area contributed by atoms with Crippen molar-refractivity contribution in [3.63, 3.8) is 0 Å². The maximum absolute atomic E-state index is 14.3. The number of aliphatic carboxylic acids is 1. The number of hydrogen-bond donors (Lipinski definition) is 2. The van der Waals surface area contributed by atoms with Crippen LogP contribution in [0.15, 0.2) is 121 Å². The van der Waals surface area contributed by atoms with E-state index >= 15 is 0 Å². The van der Waals surface area contributed by atoms with Gasteiger partial charge in [0.1, 0.15) is 18.3 Å². The highest BCUT2D eigenvalue weighted by atomic mass is 31.2. The van der Waals surface area contributed by atoms with E-state index in [4.69, 9.17) is 52.9 Å². The van der Waals surface area contributed by atoms with Crippen LogP contribution in [-0.4, -0.2) is 73.7 Å². The zero-order valence-electron chi connectivity index (χ0n) is 31.7. The lowest BCUT2D eigenvalue weighted by atomic mass is 9.98. The highest BCUT2D eigenvalue weighted by Gasteiger charge is 2.51. The van der Waals surface area contributed by atoms with Crippen LogP contribution in [0.4, 0.5) is 13.2 Å². The largest absolute Gasteiger partial charge is 0.490 e. The summed E-state index contributed by atoms with van der Waals surface area (Å²) in [4.78, 5) is 21.4. The fourth-order valence-corrected chi connectivity index (χ4v) is 6.57. The molecule has 0 unspecified atom stereocenters. The van der Waals surface area contributed by atoms with Crippen LogP contribution < -0.4 is 5.73 Å². The predicted molar refractivity (Wildman–Crippen MR) is 204 cm³/mol. The van der Waals surface area contributed by atoms with Gasteiger partial charge in [-0.2, -0.15) is 13.2 Å². The summed E-state index contributed by atoms with van der Waals surface area (Å²) in [5.74, 6) is -3.30. The van der Waals surface area contributed by atoms with E-state index in [2.05, 4.69) is 0 Å². The van der Waals surface area contributed by atoms with Crippen molar-refractivity contribution in [3.8, 4) is 0 Å². The molecule has 0 spiro atoms. The first-order chi connectivity index (χ1) is 27.9. The van der Waals surface area contributed by atoms with Crippen molar-refractivity contribution < 1.29 is 69.7 Å². The molecule has 0 saturated carbocycles. The van der Waals surface area contributed by atoms with Crippen LogP contribution in [0.3, 0.4) is 0 Å². The predicted octanol–water partition coefficient (Wildman–Crippen LogP) is 7.37. The number of rotatable bonds is 20. The lowest BCUT2D eigenvalue weighted by Gasteiger charge is -2.45. The monoisotopic (exact) mass is 833 g/mol. The van der Waals surface area contributed by atoms with Gasteiger partial charge in [0.25, 0.3) is 0 Å². The summed E-state index contributed by atoms with van der Waals surface area (Å²) in [6, 6.07) is 37.8. The summed E-state index contributed by atoms with van der Waals surface area (Å²) in [6.45, 7) is 1.94. The standard InChI is InChI=1S/C39H46NO10P.C2HF3O2/c1-30(41)49-38-37(45-26-32-17-8-3-9-18-32)36(44-25-31-15-6-2-7-16-31)35(50-39(38)43-24-14-23-40)29-48-51(42,46-27-33-19-10-4-11-20-33)47-28-34-21-12-5-13-22-34;3-2(4,5)1(6)7/h2-13,15-22,35-39H,14,23-29,40H2,1H3;(H,6,7)/t35-,36-,37+,38+,39+;/m1./s1. The zero-order valence-corrected chi connectivity index (χ0v) is 32.6. The van der Waals surface area contributed by atoms with Gasteiger partial charge >= 0.3 is 25.9 Å². The van der Waals surface area contributed by atoms with E-state index in [0.717, 1.165) is 22.3 Å². The highest BCUT2D eigenvalue weighted by molar-refractivity contribution is 7.48. The second kappa shape index (κ2) is 23.8. The van der Waals surface area contributed by atoms with Crippen LogP contribution in [-0.2, 0) is 77.8 Å². The number of hydrogen-bond acceptors (Lipinski definition) is 12.